The number of carbonyl (C=O) groups excluding carboxylic acids is 2. The highest BCUT2D eigenvalue weighted by molar-refractivity contribution is 9.11. The van der Waals surface area contributed by atoms with Crippen LogP contribution in [0.3, 0.4) is 0 Å². The summed E-state index contributed by atoms with van der Waals surface area (Å²) in [6, 6.07) is 17.3. The number of hydrogen-bond acceptors (Lipinski definition) is 5. The maximum Gasteiger partial charge on any atom is 0.343 e. The zero-order chi connectivity index (χ0) is 25.1. The van der Waals surface area contributed by atoms with Crippen molar-refractivity contribution in [3.63, 3.8) is 0 Å². The van der Waals surface area contributed by atoms with E-state index in [-0.39, 0.29) is 11.5 Å². The Kier molecular flexibility index (Phi) is 7.69. The molecule has 0 aliphatic heterocycles. The Labute approximate surface area is 219 Å². The third-order valence-electron chi connectivity index (χ3n) is 5.59. The second kappa shape index (κ2) is 10.7. The fourth-order valence-corrected chi connectivity index (χ4v) is 5.16. The molecule has 5 nitrogen and oxygen atoms in total. The smallest absolute Gasteiger partial charge is 0.343 e. The molecule has 0 aliphatic carbocycles. The lowest BCUT2D eigenvalue weighted by molar-refractivity contribution is 0.0732. The number of aliphatic hydroxyl groups is 1. The molecule has 0 fully saturated rings. The number of para-hydroxylation sites is 1. The van der Waals surface area contributed by atoms with Crippen molar-refractivity contribution in [3.8, 4) is 5.75 Å². The number of aryl methyl sites for hydroxylation is 1. The number of aliphatic hydroxyl groups excluding tert-OH is 1. The van der Waals surface area contributed by atoms with Gasteiger partial charge in [0.1, 0.15) is 11.3 Å². The number of rotatable bonds is 8. The second-order valence-corrected chi connectivity index (χ2v) is 9.61. The summed E-state index contributed by atoms with van der Waals surface area (Å²) in [7, 11) is 0. The van der Waals surface area contributed by atoms with Crippen LogP contribution in [0.15, 0.2) is 86.7 Å². The van der Waals surface area contributed by atoms with E-state index in [1.165, 1.54) is 0 Å². The monoisotopic (exact) mass is 596 g/mol. The van der Waals surface area contributed by atoms with Gasteiger partial charge in [0.05, 0.1) is 26.2 Å². The van der Waals surface area contributed by atoms with Crippen LogP contribution in [0, 0.1) is 0 Å². The van der Waals surface area contributed by atoms with E-state index < -0.39 is 12.1 Å². The van der Waals surface area contributed by atoms with E-state index >= 15 is 0 Å². The largest absolute Gasteiger partial charge is 0.460 e. The quantitative estimate of drug-likeness (QED) is 0.0980. The fourth-order valence-electron chi connectivity index (χ4n) is 3.81. The molecule has 0 saturated carbocycles. The molecule has 1 unspecified atom stereocenters. The van der Waals surface area contributed by atoms with E-state index in [4.69, 9.17) is 9.15 Å². The Bertz CT molecular complexity index is 1400. The van der Waals surface area contributed by atoms with E-state index in [0.29, 0.717) is 55.4 Å². The number of fused-ring (bicyclic) bond motifs is 1. The highest BCUT2D eigenvalue weighted by Crippen LogP contribution is 2.37. The molecule has 4 rings (SSSR count). The van der Waals surface area contributed by atoms with Gasteiger partial charge in [-0.3, -0.25) is 4.79 Å². The number of halogens is 2. The van der Waals surface area contributed by atoms with Crippen molar-refractivity contribution in [2.75, 3.05) is 0 Å². The number of ether oxygens (including phenoxy) is 1. The van der Waals surface area contributed by atoms with Gasteiger partial charge in [-0.2, -0.15) is 0 Å². The molecule has 3 aromatic carbocycles. The molecule has 7 heteroatoms. The van der Waals surface area contributed by atoms with Crippen LogP contribution < -0.4 is 4.74 Å². The summed E-state index contributed by atoms with van der Waals surface area (Å²) in [4.78, 5) is 26.2. The first kappa shape index (κ1) is 25.1. The summed E-state index contributed by atoms with van der Waals surface area (Å²) in [5.41, 5.74) is 2.64. The Hall–Kier alpha value is -3.00. The summed E-state index contributed by atoms with van der Waals surface area (Å²) < 4.78 is 12.4. The van der Waals surface area contributed by atoms with Crippen LogP contribution in [-0.4, -0.2) is 16.9 Å². The van der Waals surface area contributed by atoms with Gasteiger partial charge in [-0.05, 0) is 74.2 Å². The number of benzene rings is 3. The van der Waals surface area contributed by atoms with Crippen molar-refractivity contribution in [1.82, 2.24) is 0 Å². The average molecular weight is 598 g/mol. The van der Waals surface area contributed by atoms with E-state index in [9.17, 15) is 14.7 Å². The Morgan fingerprint density at radius 1 is 1.06 bits per heavy atom. The van der Waals surface area contributed by atoms with Crippen LogP contribution >= 0.6 is 31.9 Å². The van der Waals surface area contributed by atoms with Crippen molar-refractivity contribution in [3.05, 3.63) is 110 Å². The first-order chi connectivity index (χ1) is 16.8. The Morgan fingerprint density at radius 3 is 2.34 bits per heavy atom. The molecule has 178 valence electrons. The first-order valence-electron chi connectivity index (χ1n) is 11.0. The van der Waals surface area contributed by atoms with Gasteiger partial charge in [0.2, 0.25) is 0 Å². The van der Waals surface area contributed by atoms with E-state index in [2.05, 4.69) is 38.4 Å². The Morgan fingerprint density at radius 2 is 1.71 bits per heavy atom. The van der Waals surface area contributed by atoms with Gasteiger partial charge in [0.15, 0.2) is 11.5 Å². The summed E-state index contributed by atoms with van der Waals surface area (Å²) in [6.07, 6.45) is 1.96. The molecule has 4 aromatic rings. The maximum atomic E-state index is 13.5. The molecule has 1 heterocycles. The first-order valence-corrected chi connectivity index (χ1v) is 12.6. The minimum atomic E-state index is -0.675. The standard InChI is InChI=1S/C28H22Br2O5/c1-3-7-22(31)16-10-12-17(13-11-16)28(33)35-27-20(29)14-18(15-21(27)30)26(32)25-19-8-5-6-9-24(19)34-23(25)4-2/h3,5-6,8-15,22,31H,1,4,7H2,2H3. The fraction of sp³-hybridized carbons (Fsp3) is 0.143. The van der Waals surface area contributed by atoms with Gasteiger partial charge in [-0.15, -0.1) is 6.58 Å². The summed E-state index contributed by atoms with van der Waals surface area (Å²) in [5.74, 6) is 0.139. The lowest BCUT2D eigenvalue weighted by Crippen LogP contribution is -2.10. The van der Waals surface area contributed by atoms with Crippen LogP contribution in [0.2, 0.25) is 0 Å². The minimum absolute atomic E-state index is 0.181. The normalized spacial score (nSPS) is 11.9. The van der Waals surface area contributed by atoms with Crippen molar-refractivity contribution >= 4 is 54.6 Å². The van der Waals surface area contributed by atoms with Gasteiger partial charge < -0.3 is 14.3 Å². The van der Waals surface area contributed by atoms with Crippen molar-refractivity contribution in [1.29, 1.82) is 0 Å². The minimum Gasteiger partial charge on any atom is -0.460 e. The Balaban J connectivity index is 1.59. The molecule has 0 bridgehead atoms. The van der Waals surface area contributed by atoms with Gasteiger partial charge in [0, 0.05) is 17.4 Å². The van der Waals surface area contributed by atoms with E-state index in [1.807, 2.05) is 31.2 Å². The maximum absolute atomic E-state index is 13.5. The number of furan rings is 1. The number of ketones is 1. The van der Waals surface area contributed by atoms with Crippen LogP contribution in [0.5, 0.6) is 5.75 Å². The van der Waals surface area contributed by atoms with Gasteiger partial charge in [0.25, 0.3) is 0 Å². The SMILES string of the molecule is C=CCC(O)c1ccc(C(=O)Oc2c(Br)cc(C(=O)c3c(CC)oc4ccccc34)cc2Br)cc1. The molecule has 1 N–H and O–H groups in total. The van der Waals surface area contributed by atoms with Gasteiger partial charge >= 0.3 is 5.97 Å². The lowest BCUT2D eigenvalue weighted by atomic mass is 9.99. The predicted molar refractivity (Wildman–Crippen MR) is 142 cm³/mol. The molecular weight excluding hydrogens is 576 g/mol. The molecule has 0 saturated heterocycles. The molecular formula is C28H22Br2O5. The number of hydrogen-bond donors (Lipinski definition) is 1. The molecule has 0 amide bonds. The van der Waals surface area contributed by atoms with Gasteiger partial charge in [-0.25, -0.2) is 4.79 Å². The van der Waals surface area contributed by atoms with E-state index in [0.717, 1.165) is 5.39 Å². The second-order valence-electron chi connectivity index (χ2n) is 7.90. The third kappa shape index (κ3) is 5.17. The predicted octanol–water partition coefficient (Wildman–Crippen LogP) is 7.58. The summed E-state index contributed by atoms with van der Waals surface area (Å²) in [5, 5.41) is 10.8. The summed E-state index contributed by atoms with van der Waals surface area (Å²) >= 11 is 6.88. The van der Waals surface area contributed by atoms with Crippen molar-refractivity contribution < 1.29 is 23.8 Å². The van der Waals surface area contributed by atoms with E-state index in [1.54, 1.807) is 42.5 Å². The van der Waals surface area contributed by atoms with Gasteiger partial charge in [-0.1, -0.05) is 43.3 Å². The average Bonchev–Trinajstić information content (AvgIpc) is 3.24. The number of carbonyl (C=O) groups is 2. The zero-order valence-corrected chi connectivity index (χ0v) is 22.1. The highest BCUT2D eigenvalue weighted by atomic mass is 79.9. The molecule has 1 atom stereocenters. The number of esters is 1. The molecule has 35 heavy (non-hydrogen) atoms. The van der Waals surface area contributed by atoms with Crippen molar-refractivity contribution in [2.24, 2.45) is 0 Å². The highest BCUT2D eigenvalue weighted by Gasteiger charge is 2.23. The molecule has 0 aliphatic rings. The topological polar surface area (TPSA) is 76.7 Å². The van der Waals surface area contributed by atoms with Crippen LogP contribution in [0.4, 0.5) is 0 Å². The third-order valence-corrected chi connectivity index (χ3v) is 6.77. The van der Waals surface area contributed by atoms with Crippen LogP contribution in [0.25, 0.3) is 11.0 Å². The zero-order valence-electron chi connectivity index (χ0n) is 18.9. The van der Waals surface area contributed by atoms with Crippen LogP contribution in [-0.2, 0) is 6.42 Å². The van der Waals surface area contributed by atoms with Crippen LogP contribution in [0.1, 0.15) is 57.1 Å². The molecule has 1 aromatic heterocycles. The van der Waals surface area contributed by atoms with Crippen molar-refractivity contribution in [2.45, 2.75) is 25.9 Å². The molecule has 0 radical (unpaired) electrons. The molecule has 0 spiro atoms. The lowest BCUT2D eigenvalue weighted by Gasteiger charge is -2.12. The summed E-state index contributed by atoms with van der Waals surface area (Å²) in [6.45, 7) is 5.56.